The van der Waals surface area contributed by atoms with Crippen LogP contribution in [0.2, 0.25) is 0 Å². The minimum absolute atomic E-state index is 0.0738. The number of anilines is 1. The molecule has 1 aliphatic carbocycles. The Balaban J connectivity index is 2.36. The lowest BCUT2D eigenvalue weighted by molar-refractivity contribution is 0.828. The fourth-order valence-corrected chi connectivity index (χ4v) is 2.11. The van der Waals surface area contributed by atoms with Crippen LogP contribution >= 0.6 is 22.6 Å². The van der Waals surface area contributed by atoms with Crippen molar-refractivity contribution in [1.82, 2.24) is 9.97 Å². The lowest BCUT2D eigenvalue weighted by atomic mass is 10.4. The zero-order valence-electron chi connectivity index (χ0n) is 8.24. The molecule has 1 aromatic rings. The highest BCUT2D eigenvalue weighted by Gasteiger charge is 2.30. The van der Waals surface area contributed by atoms with E-state index in [0.717, 1.165) is 12.4 Å². The first-order valence-corrected chi connectivity index (χ1v) is 5.92. The van der Waals surface area contributed by atoms with Gasteiger partial charge in [-0.15, -0.1) is 6.58 Å². The van der Waals surface area contributed by atoms with Crippen LogP contribution in [0.3, 0.4) is 0 Å². The number of nitrogens with zero attached hydrogens (tertiary/aromatic N) is 2. The molecule has 1 aliphatic rings. The van der Waals surface area contributed by atoms with Crippen LogP contribution in [-0.2, 0) is 0 Å². The number of aromatic nitrogens is 2. The summed E-state index contributed by atoms with van der Waals surface area (Å²) in [5.74, 6) is 0.779. The lowest BCUT2D eigenvalue weighted by Gasteiger charge is -2.22. The van der Waals surface area contributed by atoms with Gasteiger partial charge in [0.2, 0.25) is 0 Å². The number of aromatic amines is 1. The number of halogens is 1. The highest BCUT2D eigenvalue weighted by molar-refractivity contribution is 14.1. The average molecular weight is 317 g/mol. The Morgan fingerprint density at radius 1 is 1.73 bits per heavy atom. The monoisotopic (exact) mass is 317 g/mol. The van der Waals surface area contributed by atoms with Crippen LogP contribution in [0.5, 0.6) is 0 Å². The van der Waals surface area contributed by atoms with Crippen LogP contribution in [0.1, 0.15) is 12.8 Å². The van der Waals surface area contributed by atoms with E-state index in [4.69, 9.17) is 0 Å². The molecule has 0 atom stereocenters. The summed E-state index contributed by atoms with van der Waals surface area (Å²) in [6.45, 7) is 4.48. The number of hydrogen-bond donors (Lipinski definition) is 1. The van der Waals surface area contributed by atoms with Gasteiger partial charge in [0.15, 0.2) is 0 Å². The Morgan fingerprint density at radius 2 is 2.47 bits per heavy atom. The summed E-state index contributed by atoms with van der Waals surface area (Å²) in [7, 11) is 0. The van der Waals surface area contributed by atoms with Crippen LogP contribution < -0.4 is 10.5 Å². The van der Waals surface area contributed by atoms with Gasteiger partial charge in [0.05, 0.1) is 6.33 Å². The molecule has 1 N–H and O–H groups in total. The SMILES string of the molecule is C=CCN(c1nc[nH]c(=O)c1I)C1CC1. The van der Waals surface area contributed by atoms with Crippen molar-refractivity contribution >= 4 is 28.4 Å². The van der Waals surface area contributed by atoms with E-state index in [0.29, 0.717) is 9.61 Å². The molecule has 5 heteroatoms. The van der Waals surface area contributed by atoms with Gasteiger partial charge in [-0.3, -0.25) is 4.79 Å². The van der Waals surface area contributed by atoms with Gasteiger partial charge in [-0.1, -0.05) is 6.08 Å². The first-order chi connectivity index (χ1) is 7.24. The predicted molar refractivity (Wildman–Crippen MR) is 68.1 cm³/mol. The summed E-state index contributed by atoms with van der Waals surface area (Å²) in [5.41, 5.74) is -0.0738. The van der Waals surface area contributed by atoms with E-state index in [1.807, 2.05) is 28.7 Å². The van der Waals surface area contributed by atoms with Crippen LogP contribution in [-0.4, -0.2) is 22.6 Å². The lowest BCUT2D eigenvalue weighted by Crippen LogP contribution is -2.30. The molecule has 1 heterocycles. The molecule has 0 aromatic carbocycles. The van der Waals surface area contributed by atoms with Crippen LogP contribution in [0.4, 0.5) is 5.82 Å². The van der Waals surface area contributed by atoms with Crippen molar-refractivity contribution in [3.05, 3.63) is 32.9 Å². The number of nitrogens with one attached hydrogen (secondary N) is 1. The molecule has 0 bridgehead atoms. The molecule has 1 fully saturated rings. The summed E-state index contributed by atoms with van der Waals surface area (Å²) in [6.07, 6.45) is 5.66. The molecule has 80 valence electrons. The standard InChI is InChI=1S/C10H12IN3O/c1-2-5-14(7-3-4-7)9-8(11)10(15)13-6-12-9/h2,6-7H,1,3-5H2,(H,12,13,15). The first kappa shape index (κ1) is 10.7. The molecular formula is C10H12IN3O. The summed E-state index contributed by atoms with van der Waals surface area (Å²) < 4.78 is 0.656. The second-order valence-electron chi connectivity index (χ2n) is 3.54. The van der Waals surface area contributed by atoms with Crippen LogP contribution in [0, 0.1) is 3.57 Å². The number of hydrogen-bond acceptors (Lipinski definition) is 3. The number of rotatable bonds is 4. The van der Waals surface area contributed by atoms with Gasteiger partial charge in [-0.25, -0.2) is 4.98 Å². The van der Waals surface area contributed by atoms with Crippen molar-refractivity contribution in [3.63, 3.8) is 0 Å². The van der Waals surface area contributed by atoms with Crippen molar-refractivity contribution in [3.8, 4) is 0 Å². The smallest absolute Gasteiger partial charge is 0.266 e. The van der Waals surface area contributed by atoms with Gasteiger partial charge in [0.25, 0.3) is 5.56 Å². The Morgan fingerprint density at radius 3 is 3.07 bits per heavy atom. The molecule has 15 heavy (non-hydrogen) atoms. The molecule has 1 aromatic heterocycles. The highest BCUT2D eigenvalue weighted by Crippen LogP contribution is 2.31. The highest BCUT2D eigenvalue weighted by atomic mass is 127. The normalized spacial score (nSPS) is 15.0. The molecule has 0 saturated heterocycles. The minimum atomic E-state index is -0.0738. The minimum Gasteiger partial charge on any atom is -0.349 e. The van der Waals surface area contributed by atoms with Crippen LogP contribution in [0.15, 0.2) is 23.8 Å². The molecule has 0 aliphatic heterocycles. The topological polar surface area (TPSA) is 49.0 Å². The van der Waals surface area contributed by atoms with E-state index in [2.05, 4.69) is 21.4 Å². The van der Waals surface area contributed by atoms with Crippen LogP contribution in [0.25, 0.3) is 0 Å². The maximum atomic E-state index is 11.4. The van der Waals surface area contributed by atoms with E-state index in [9.17, 15) is 4.79 Å². The Hall–Kier alpha value is -0.850. The van der Waals surface area contributed by atoms with E-state index in [-0.39, 0.29) is 5.56 Å². The summed E-state index contributed by atoms with van der Waals surface area (Å²) >= 11 is 2.04. The summed E-state index contributed by atoms with van der Waals surface area (Å²) in [4.78, 5) is 20.4. The second-order valence-corrected chi connectivity index (χ2v) is 4.62. The zero-order chi connectivity index (χ0) is 10.8. The molecule has 0 radical (unpaired) electrons. The average Bonchev–Trinajstić information content (AvgIpc) is 3.03. The summed E-state index contributed by atoms with van der Waals surface area (Å²) in [5, 5.41) is 0. The number of H-pyrrole nitrogens is 1. The Bertz CT molecular complexity index is 425. The molecule has 2 rings (SSSR count). The summed E-state index contributed by atoms with van der Waals surface area (Å²) in [6, 6.07) is 0.533. The van der Waals surface area contributed by atoms with Crippen molar-refractivity contribution in [2.24, 2.45) is 0 Å². The van der Waals surface area contributed by atoms with E-state index < -0.39 is 0 Å². The fourth-order valence-electron chi connectivity index (χ4n) is 1.51. The van der Waals surface area contributed by atoms with Gasteiger partial charge >= 0.3 is 0 Å². The Kier molecular flexibility index (Phi) is 3.08. The zero-order valence-corrected chi connectivity index (χ0v) is 10.4. The molecule has 0 amide bonds. The predicted octanol–water partition coefficient (Wildman–Crippen LogP) is 1.53. The van der Waals surface area contributed by atoms with Crippen molar-refractivity contribution < 1.29 is 0 Å². The van der Waals surface area contributed by atoms with Crippen molar-refractivity contribution in [2.75, 3.05) is 11.4 Å². The van der Waals surface area contributed by atoms with Gasteiger partial charge in [0, 0.05) is 12.6 Å². The quantitative estimate of drug-likeness (QED) is 0.677. The van der Waals surface area contributed by atoms with E-state index in [1.54, 1.807) is 0 Å². The fraction of sp³-hybridized carbons (Fsp3) is 0.400. The maximum absolute atomic E-state index is 11.4. The molecule has 1 saturated carbocycles. The van der Waals surface area contributed by atoms with Gasteiger partial charge in [-0.05, 0) is 35.4 Å². The largest absolute Gasteiger partial charge is 0.349 e. The van der Waals surface area contributed by atoms with Gasteiger partial charge in [0.1, 0.15) is 9.39 Å². The van der Waals surface area contributed by atoms with E-state index in [1.165, 1.54) is 19.2 Å². The Labute approximate surface area is 102 Å². The first-order valence-electron chi connectivity index (χ1n) is 4.84. The molecular weight excluding hydrogens is 305 g/mol. The third-order valence-corrected chi connectivity index (χ3v) is 3.34. The molecule has 0 unspecified atom stereocenters. The third-order valence-electron chi connectivity index (χ3n) is 2.36. The van der Waals surface area contributed by atoms with E-state index >= 15 is 0 Å². The van der Waals surface area contributed by atoms with Gasteiger partial charge in [-0.2, -0.15) is 0 Å². The van der Waals surface area contributed by atoms with Crippen molar-refractivity contribution in [1.29, 1.82) is 0 Å². The van der Waals surface area contributed by atoms with Gasteiger partial charge < -0.3 is 9.88 Å². The third kappa shape index (κ3) is 2.22. The van der Waals surface area contributed by atoms with Crippen molar-refractivity contribution in [2.45, 2.75) is 18.9 Å². The second kappa shape index (κ2) is 4.34. The molecule has 0 spiro atoms. The maximum Gasteiger partial charge on any atom is 0.266 e. The molecule has 4 nitrogen and oxygen atoms in total.